The summed E-state index contributed by atoms with van der Waals surface area (Å²) in [5.41, 5.74) is 3.09. The van der Waals surface area contributed by atoms with Gasteiger partial charge in [-0.15, -0.1) is 23.1 Å². The molecule has 2 saturated heterocycles. The zero-order valence-corrected chi connectivity index (χ0v) is 26.0. The van der Waals surface area contributed by atoms with Crippen molar-refractivity contribution in [3.63, 3.8) is 0 Å². The van der Waals surface area contributed by atoms with Crippen LogP contribution in [0.3, 0.4) is 0 Å². The molecule has 3 rings (SSSR count). The van der Waals surface area contributed by atoms with Crippen molar-refractivity contribution in [2.75, 3.05) is 24.7 Å². The molecule has 42 heavy (non-hydrogen) atoms. The second-order valence-electron chi connectivity index (χ2n) is 11.1. The number of thiazole rings is 1. The number of carbonyl (C=O) groups is 5. The highest BCUT2D eigenvalue weighted by Crippen LogP contribution is 2.32. The molecule has 2 aliphatic heterocycles. The quantitative estimate of drug-likeness (QED) is 0.0514. The summed E-state index contributed by atoms with van der Waals surface area (Å²) in [6.07, 6.45) is 0. The number of carbonyl (C=O) groups excluding carboxylic acids is 5. The number of ether oxygens (including phenoxy) is 1. The Bertz CT molecular complexity index is 1270. The van der Waals surface area contributed by atoms with Crippen LogP contribution in [-0.2, 0) is 33.4 Å². The van der Waals surface area contributed by atoms with E-state index in [1.54, 1.807) is 27.7 Å². The average Bonchev–Trinajstić information content (AvgIpc) is 3.43. The first-order valence-electron chi connectivity index (χ1n) is 12.8. The average molecular weight is 627 g/mol. The van der Waals surface area contributed by atoms with Crippen molar-refractivity contribution in [3.05, 3.63) is 11.1 Å². The van der Waals surface area contributed by atoms with Gasteiger partial charge >= 0.3 is 26.0 Å². The van der Waals surface area contributed by atoms with Gasteiger partial charge in [-0.05, 0) is 41.5 Å². The Morgan fingerprint density at radius 2 is 1.93 bits per heavy atom. The van der Waals surface area contributed by atoms with Gasteiger partial charge in [-0.2, -0.15) is 0 Å². The second kappa shape index (κ2) is 12.7. The number of nitrogens with two attached hydrogens (primary N) is 2. The van der Waals surface area contributed by atoms with E-state index in [1.807, 2.05) is 0 Å². The number of hydrazine groups is 1. The number of aromatic nitrogens is 1. The molecule has 0 unspecified atom stereocenters. The molecule has 3 atom stereocenters. The van der Waals surface area contributed by atoms with Gasteiger partial charge in [0.25, 0.3) is 5.91 Å². The summed E-state index contributed by atoms with van der Waals surface area (Å²) in [5, 5.41) is 8.51. The van der Waals surface area contributed by atoms with Gasteiger partial charge in [-0.25, -0.2) is 20.4 Å². The summed E-state index contributed by atoms with van der Waals surface area (Å²) in [7, 11) is 1.19. The van der Waals surface area contributed by atoms with Gasteiger partial charge in [0.2, 0.25) is 11.5 Å². The number of urea groups is 1. The first-order valence-corrected chi connectivity index (χ1v) is 14.7. The van der Waals surface area contributed by atoms with Gasteiger partial charge in [-0.1, -0.05) is 5.16 Å². The molecule has 5 N–H and O–H groups in total. The number of rotatable bonds is 11. The lowest BCUT2D eigenvalue weighted by Gasteiger charge is -2.46. The van der Waals surface area contributed by atoms with E-state index in [-0.39, 0.29) is 41.0 Å². The van der Waals surface area contributed by atoms with E-state index in [0.717, 1.165) is 28.1 Å². The largest absolute Gasteiger partial charge is 0.542 e. The summed E-state index contributed by atoms with van der Waals surface area (Å²) in [6.45, 7) is 9.73. The molecular formula is C23H35BN8O8S2. The van der Waals surface area contributed by atoms with Crippen LogP contribution < -0.4 is 16.9 Å². The fourth-order valence-corrected chi connectivity index (χ4v) is 5.57. The Hall–Kier alpha value is -3.58. The molecule has 1 aromatic rings. The first kappa shape index (κ1) is 32.9. The Morgan fingerprint density at radius 1 is 1.26 bits per heavy atom. The standard InChI is InChI=1S/C23H35BN8O8S2/c1-11-7-30(21(37)32(11)26)10-42-18-15(17(35)31(18)8-13(33)39-24)28-16(34)14(12-9-41-20(25)27-12)29-40-23(5,6)19(36)38-22(2,3)4/h9,11,15,18H,7-8,10,24,26H2,1-6H3,(H2,25,27)(H,28,34)/b29-14-/t11-,15-,18-/m1/s1. The molecule has 0 radical (unpaired) electrons. The van der Waals surface area contributed by atoms with E-state index in [2.05, 4.69) is 15.5 Å². The van der Waals surface area contributed by atoms with E-state index in [1.165, 1.54) is 37.1 Å². The number of oxime groups is 1. The molecule has 4 amide bonds. The maximum Gasteiger partial charge on any atom is 0.353 e. The van der Waals surface area contributed by atoms with Crippen LogP contribution in [0.25, 0.3) is 0 Å². The number of likely N-dealkylation sites (tertiary alicyclic amines) is 1. The van der Waals surface area contributed by atoms with Crippen LogP contribution in [-0.4, -0.2) is 111 Å². The van der Waals surface area contributed by atoms with E-state index in [0.29, 0.717) is 6.54 Å². The molecule has 0 bridgehead atoms. The van der Waals surface area contributed by atoms with Crippen molar-refractivity contribution < 1.29 is 38.2 Å². The number of nitrogens with zero attached hydrogens (tertiary/aromatic N) is 5. The number of nitrogen functional groups attached to an aromatic ring is 1. The number of esters is 1. The minimum atomic E-state index is -1.58. The number of hydrogen-bond acceptors (Lipinski definition) is 14. The first-order chi connectivity index (χ1) is 19.4. The number of thioether (sulfide) groups is 1. The third kappa shape index (κ3) is 7.63. The highest BCUT2D eigenvalue weighted by Gasteiger charge is 2.50. The maximum absolute atomic E-state index is 13.5. The third-order valence-corrected chi connectivity index (χ3v) is 8.05. The van der Waals surface area contributed by atoms with Crippen LogP contribution in [0.4, 0.5) is 9.93 Å². The van der Waals surface area contributed by atoms with Crippen LogP contribution >= 0.6 is 23.1 Å². The zero-order chi connectivity index (χ0) is 31.6. The second-order valence-corrected chi connectivity index (χ2v) is 13.0. The summed E-state index contributed by atoms with van der Waals surface area (Å²) >= 11 is 2.21. The Kier molecular flexibility index (Phi) is 9.99. The predicted molar refractivity (Wildman–Crippen MR) is 156 cm³/mol. The molecule has 1 aromatic heterocycles. The topological polar surface area (TPSA) is 212 Å². The molecular weight excluding hydrogens is 591 g/mol. The number of amides is 4. The lowest BCUT2D eigenvalue weighted by molar-refractivity contribution is -0.179. The van der Waals surface area contributed by atoms with Gasteiger partial charge in [0.15, 0.2) is 10.8 Å². The number of hydrogen-bond donors (Lipinski definition) is 3. The molecule has 0 aliphatic carbocycles. The van der Waals surface area contributed by atoms with Gasteiger partial charge < -0.3 is 35.1 Å². The van der Waals surface area contributed by atoms with Crippen molar-refractivity contribution in [2.24, 2.45) is 11.0 Å². The van der Waals surface area contributed by atoms with Crippen molar-refractivity contribution in [1.29, 1.82) is 0 Å². The fourth-order valence-electron chi connectivity index (χ4n) is 3.73. The molecule has 3 heterocycles. The lowest BCUT2D eigenvalue weighted by atomic mass is 10.1. The van der Waals surface area contributed by atoms with Crippen LogP contribution in [0.2, 0.25) is 0 Å². The SMILES string of the molecule is BOC(=O)CN1C(=O)[C@@H](NC(=O)/C(=N\OC(C)(C)C(=O)OC(C)(C)C)c2csc(N)n2)[C@H]1SCN1C[C@@H](C)N(N)C1=O. The smallest absolute Gasteiger partial charge is 0.353 e. The zero-order valence-electron chi connectivity index (χ0n) is 24.4. The number of nitrogens with one attached hydrogen (secondary N) is 1. The van der Waals surface area contributed by atoms with Crippen molar-refractivity contribution >= 4 is 71.8 Å². The molecule has 0 aromatic carbocycles. The van der Waals surface area contributed by atoms with E-state index >= 15 is 0 Å². The maximum atomic E-state index is 13.5. The third-order valence-electron chi connectivity index (χ3n) is 6.04. The van der Waals surface area contributed by atoms with Crippen LogP contribution in [0.1, 0.15) is 47.2 Å². The molecule has 2 fully saturated rings. The highest BCUT2D eigenvalue weighted by atomic mass is 32.2. The monoisotopic (exact) mass is 626 g/mol. The Balaban J connectivity index is 1.81. The minimum Gasteiger partial charge on any atom is -0.542 e. The molecule has 0 saturated carbocycles. The molecule has 19 heteroatoms. The Morgan fingerprint density at radius 3 is 2.45 bits per heavy atom. The van der Waals surface area contributed by atoms with Crippen LogP contribution in [0.5, 0.6) is 0 Å². The number of anilines is 1. The predicted octanol–water partition coefficient (Wildman–Crippen LogP) is -0.999. The van der Waals surface area contributed by atoms with Gasteiger partial charge in [0, 0.05) is 11.9 Å². The summed E-state index contributed by atoms with van der Waals surface area (Å²) < 4.78 is 10.1. The van der Waals surface area contributed by atoms with E-state index < -0.39 is 46.4 Å². The minimum absolute atomic E-state index is 0.0528. The molecule has 2 aliphatic rings. The van der Waals surface area contributed by atoms with Gasteiger partial charge in [0.1, 0.15) is 29.3 Å². The Labute approximate surface area is 251 Å². The number of β-lactam (4-membered cyclic amide) rings is 1. The molecule has 0 spiro atoms. The lowest BCUT2D eigenvalue weighted by Crippen LogP contribution is -2.71. The van der Waals surface area contributed by atoms with Crippen molar-refractivity contribution in [1.82, 2.24) is 25.1 Å². The van der Waals surface area contributed by atoms with E-state index in [9.17, 15) is 24.0 Å². The molecule has 230 valence electrons. The molecule has 16 nitrogen and oxygen atoms in total. The van der Waals surface area contributed by atoms with Gasteiger partial charge in [-0.3, -0.25) is 19.4 Å². The van der Waals surface area contributed by atoms with Crippen LogP contribution in [0, 0.1) is 0 Å². The van der Waals surface area contributed by atoms with Crippen LogP contribution in [0.15, 0.2) is 10.5 Å². The fraction of sp³-hybridized carbons (Fsp3) is 0.609. The summed E-state index contributed by atoms with van der Waals surface area (Å²) in [4.78, 5) is 75.8. The summed E-state index contributed by atoms with van der Waals surface area (Å²) in [5.74, 6) is 3.13. The normalized spacial score (nSPS) is 21.3. The van der Waals surface area contributed by atoms with E-state index in [4.69, 9.17) is 25.8 Å². The van der Waals surface area contributed by atoms with Gasteiger partial charge in [0.05, 0.1) is 11.9 Å². The summed E-state index contributed by atoms with van der Waals surface area (Å²) in [6, 6.07) is -1.70. The van der Waals surface area contributed by atoms with Crippen molar-refractivity contribution in [3.8, 4) is 0 Å². The van der Waals surface area contributed by atoms with Crippen molar-refractivity contribution in [2.45, 2.75) is 70.2 Å². The highest BCUT2D eigenvalue weighted by molar-refractivity contribution is 8.00.